The third kappa shape index (κ3) is 3.31. The van der Waals surface area contributed by atoms with Crippen molar-refractivity contribution < 1.29 is 4.74 Å². The van der Waals surface area contributed by atoms with Crippen LogP contribution < -0.4 is 10.5 Å². The second-order valence-corrected chi connectivity index (χ2v) is 4.81. The van der Waals surface area contributed by atoms with Crippen molar-refractivity contribution in [3.8, 4) is 5.88 Å². The molecule has 2 heterocycles. The minimum atomic E-state index is 0.255. The summed E-state index contributed by atoms with van der Waals surface area (Å²) in [5, 5.41) is 0.600. The third-order valence-electron chi connectivity index (χ3n) is 3.04. The molecule has 0 unspecified atom stereocenters. The Morgan fingerprint density at radius 3 is 2.82 bits per heavy atom. The van der Waals surface area contributed by atoms with Gasteiger partial charge in [0.1, 0.15) is 6.10 Å². The van der Waals surface area contributed by atoms with Gasteiger partial charge in [-0.15, -0.1) is 0 Å². The van der Waals surface area contributed by atoms with E-state index in [1.807, 2.05) is 0 Å². The van der Waals surface area contributed by atoms with Crippen molar-refractivity contribution in [2.45, 2.75) is 25.5 Å². The molecule has 0 saturated carbocycles. The Labute approximate surface area is 107 Å². The van der Waals surface area contributed by atoms with Crippen LogP contribution in [0.2, 0.25) is 5.02 Å². The maximum atomic E-state index is 5.95. The fraction of sp³-hybridized carbons (Fsp3) is 0.583. The van der Waals surface area contributed by atoms with E-state index in [9.17, 15) is 0 Å². The molecule has 0 atom stereocenters. The minimum Gasteiger partial charge on any atom is -0.474 e. The summed E-state index contributed by atoms with van der Waals surface area (Å²) in [6.07, 6.45) is 2.34. The van der Waals surface area contributed by atoms with Gasteiger partial charge in [0, 0.05) is 25.7 Å². The van der Waals surface area contributed by atoms with Crippen LogP contribution in [0.4, 0.5) is 0 Å². The van der Waals surface area contributed by atoms with Crippen LogP contribution in [0, 0.1) is 0 Å². The molecule has 2 rings (SSSR count). The molecule has 1 saturated heterocycles. The summed E-state index contributed by atoms with van der Waals surface area (Å²) in [5.74, 6) is 0.629. The Morgan fingerprint density at radius 1 is 1.47 bits per heavy atom. The molecule has 94 valence electrons. The van der Waals surface area contributed by atoms with Gasteiger partial charge in [0.05, 0.1) is 10.7 Å². The zero-order valence-electron chi connectivity index (χ0n) is 10.0. The average molecular weight is 256 g/mol. The number of pyridine rings is 1. The SMILES string of the molecule is CN1CCC(Oc2ccc(Cl)c(CN)n2)CC1. The lowest BCUT2D eigenvalue weighted by atomic mass is 10.1. The molecule has 0 bridgehead atoms. The maximum absolute atomic E-state index is 5.95. The van der Waals surface area contributed by atoms with E-state index in [1.165, 1.54) is 0 Å². The Morgan fingerprint density at radius 2 is 2.18 bits per heavy atom. The fourth-order valence-corrected chi connectivity index (χ4v) is 2.13. The van der Waals surface area contributed by atoms with Gasteiger partial charge in [-0.05, 0) is 26.0 Å². The first-order chi connectivity index (χ1) is 8.19. The molecule has 5 heteroatoms. The van der Waals surface area contributed by atoms with Crippen molar-refractivity contribution in [2.75, 3.05) is 20.1 Å². The van der Waals surface area contributed by atoms with Crippen LogP contribution in [0.3, 0.4) is 0 Å². The van der Waals surface area contributed by atoms with Crippen molar-refractivity contribution in [3.63, 3.8) is 0 Å². The van der Waals surface area contributed by atoms with Crippen LogP contribution in [-0.4, -0.2) is 36.1 Å². The van der Waals surface area contributed by atoms with E-state index in [4.69, 9.17) is 22.1 Å². The number of nitrogens with zero attached hydrogens (tertiary/aromatic N) is 2. The van der Waals surface area contributed by atoms with Crippen molar-refractivity contribution in [1.29, 1.82) is 0 Å². The first-order valence-electron chi connectivity index (χ1n) is 5.89. The zero-order valence-corrected chi connectivity index (χ0v) is 10.8. The number of likely N-dealkylation sites (tertiary alicyclic amines) is 1. The summed E-state index contributed by atoms with van der Waals surface area (Å²) in [6, 6.07) is 3.60. The van der Waals surface area contributed by atoms with E-state index in [2.05, 4.69) is 16.9 Å². The van der Waals surface area contributed by atoms with E-state index in [0.29, 0.717) is 23.1 Å². The molecule has 1 aromatic heterocycles. The van der Waals surface area contributed by atoms with Crippen molar-refractivity contribution >= 4 is 11.6 Å². The largest absolute Gasteiger partial charge is 0.474 e. The van der Waals surface area contributed by atoms with E-state index < -0.39 is 0 Å². The van der Waals surface area contributed by atoms with Gasteiger partial charge < -0.3 is 15.4 Å². The number of hydrogen-bond acceptors (Lipinski definition) is 4. The molecule has 0 aliphatic carbocycles. The maximum Gasteiger partial charge on any atom is 0.213 e. The number of piperidine rings is 1. The van der Waals surface area contributed by atoms with E-state index in [1.54, 1.807) is 12.1 Å². The molecule has 17 heavy (non-hydrogen) atoms. The topological polar surface area (TPSA) is 51.4 Å². The summed E-state index contributed by atoms with van der Waals surface area (Å²) >= 11 is 5.95. The van der Waals surface area contributed by atoms with Gasteiger partial charge in [0.15, 0.2) is 0 Å². The molecular weight excluding hydrogens is 238 g/mol. The lowest BCUT2D eigenvalue weighted by molar-refractivity contribution is 0.110. The molecule has 1 aromatic rings. The normalized spacial score (nSPS) is 18.3. The van der Waals surface area contributed by atoms with Crippen LogP contribution in [-0.2, 0) is 6.54 Å². The average Bonchev–Trinajstić information content (AvgIpc) is 2.34. The zero-order chi connectivity index (χ0) is 12.3. The second-order valence-electron chi connectivity index (χ2n) is 4.40. The highest BCUT2D eigenvalue weighted by molar-refractivity contribution is 6.31. The predicted octanol–water partition coefficient (Wildman–Crippen LogP) is 1.67. The Kier molecular flexibility index (Phi) is 4.20. The Balaban J connectivity index is 1.99. The minimum absolute atomic E-state index is 0.255. The molecule has 0 aromatic carbocycles. The second kappa shape index (κ2) is 5.67. The molecular formula is C12H18ClN3O. The van der Waals surface area contributed by atoms with Crippen molar-refractivity contribution in [1.82, 2.24) is 9.88 Å². The quantitative estimate of drug-likeness (QED) is 0.893. The van der Waals surface area contributed by atoms with Gasteiger partial charge in [-0.1, -0.05) is 11.6 Å². The molecule has 2 N–H and O–H groups in total. The number of nitrogens with two attached hydrogens (primary N) is 1. The van der Waals surface area contributed by atoms with Gasteiger partial charge in [-0.2, -0.15) is 0 Å². The Hall–Kier alpha value is -0.840. The summed E-state index contributed by atoms with van der Waals surface area (Å²) in [7, 11) is 2.13. The predicted molar refractivity (Wildman–Crippen MR) is 68.3 cm³/mol. The lowest BCUT2D eigenvalue weighted by Crippen LogP contribution is -2.35. The first-order valence-corrected chi connectivity index (χ1v) is 6.27. The number of hydrogen-bond donors (Lipinski definition) is 1. The molecule has 1 fully saturated rings. The molecule has 0 amide bonds. The molecule has 0 spiro atoms. The van der Waals surface area contributed by atoms with Crippen LogP contribution in [0.1, 0.15) is 18.5 Å². The smallest absolute Gasteiger partial charge is 0.213 e. The van der Waals surface area contributed by atoms with Crippen LogP contribution in [0.5, 0.6) is 5.88 Å². The highest BCUT2D eigenvalue weighted by atomic mass is 35.5. The molecule has 1 aliphatic heterocycles. The third-order valence-corrected chi connectivity index (χ3v) is 3.38. The first kappa shape index (κ1) is 12.6. The van der Waals surface area contributed by atoms with Gasteiger partial charge in [0.2, 0.25) is 5.88 Å². The fourth-order valence-electron chi connectivity index (χ4n) is 1.95. The van der Waals surface area contributed by atoms with Crippen molar-refractivity contribution in [2.24, 2.45) is 5.73 Å². The van der Waals surface area contributed by atoms with Crippen molar-refractivity contribution in [3.05, 3.63) is 22.8 Å². The number of rotatable bonds is 3. The number of ether oxygens (including phenoxy) is 1. The van der Waals surface area contributed by atoms with E-state index in [-0.39, 0.29) is 6.10 Å². The Bertz CT molecular complexity index is 378. The van der Waals surface area contributed by atoms with Gasteiger partial charge in [-0.3, -0.25) is 0 Å². The van der Waals surface area contributed by atoms with Crippen LogP contribution in [0.25, 0.3) is 0 Å². The summed E-state index contributed by atoms with van der Waals surface area (Å²) < 4.78 is 5.85. The number of halogens is 1. The monoisotopic (exact) mass is 255 g/mol. The van der Waals surface area contributed by atoms with Crippen LogP contribution in [0.15, 0.2) is 12.1 Å². The lowest BCUT2D eigenvalue weighted by Gasteiger charge is -2.29. The molecule has 4 nitrogen and oxygen atoms in total. The number of aromatic nitrogens is 1. The van der Waals surface area contributed by atoms with Gasteiger partial charge >= 0.3 is 0 Å². The van der Waals surface area contributed by atoms with Gasteiger partial charge in [-0.25, -0.2) is 4.98 Å². The summed E-state index contributed by atoms with van der Waals surface area (Å²) in [4.78, 5) is 6.62. The highest BCUT2D eigenvalue weighted by Gasteiger charge is 2.18. The summed E-state index contributed by atoms with van der Waals surface area (Å²) in [6.45, 7) is 2.48. The van der Waals surface area contributed by atoms with E-state index >= 15 is 0 Å². The van der Waals surface area contributed by atoms with Crippen LogP contribution >= 0.6 is 11.6 Å². The molecule has 0 radical (unpaired) electrons. The van der Waals surface area contributed by atoms with Gasteiger partial charge in [0.25, 0.3) is 0 Å². The molecule has 1 aliphatic rings. The summed E-state index contributed by atoms with van der Waals surface area (Å²) in [5.41, 5.74) is 6.25. The van der Waals surface area contributed by atoms with E-state index in [0.717, 1.165) is 25.9 Å². The highest BCUT2D eigenvalue weighted by Crippen LogP contribution is 2.20. The standard InChI is InChI=1S/C12H18ClN3O/c1-16-6-4-9(5-7-16)17-12-3-2-10(13)11(8-14)15-12/h2-3,9H,4-8,14H2,1H3.